The molecule has 9 nitrogen and oxygen atoms in total. The minimum atomic E-state index is -0.187. The van der Waals surface area contributed by atoms with Gasteiger partial charge in [0.25, 0.3) is 5.91 Å². The number of halogens is 1. The van der Waals surface area contributed by atoms with Crippen molar-refractivity contribution in [3.63, 3.8) is 0 Å². The number of aromatic nitrogens is 7. The molecule has 0 bridgehead atoms. The maximum atomic E-state index is 13.8. The van der Waals surface area contributed by atoms with Crippen LogP contribution in [0.2, 0.25) is 5.15 Å². The summed E-state index contributed by atoms with van der Waals surface area (Å²) >= 11 is 6.26. The maximum Gasteiger partial charge on any atom is 0.268 e. The molecule has 0 saturated carbocycles. The van der Waals surface area contributed by atoms with Crippen LogP contribution in [0.25, 0.3) is 38.8 Å². The molecule has 0 fully saturated rings. The van der Waals surface area contributed by atoms with Crippen LogP contribution in [0.15, 0.2) is 128 Å². The summed E-state index contributed by atoms with van der Waals surface area (Å²) in [5.74, 6) is 0.569. The van der Waals surface area contributed by atoms with Crippen molar-refractivity contribution in [3.8, 4) is 16.9 Å². The van der Waals surface area contributed by atoms with Crippen molar-refractivity contribution < 1.29 is 4.79 Å². The Morgan fingerprint density at radius 3 is 2.25 bits per heavy atom. The highest BCUT2D eigenvalue weighted by atomic mass is 35.5. The molecular weight excluding hydrogens is 620 g/mol. The molecule has 4 aromatic carbocycles. The highest BCUT2D eigenvalue weighted by Gasteiger charge is 2.19. The normalized spacial score (nSPS) is 11.5. The number of carbonyl (C=O) groups excluding carboxylic acids is 1. The van der Waals surface area contributed by atoms with Gasteiger partial charge >= 0.3 is 0 Å². The number of benzene rings is 4. The summed E-state index contributed by atoms with van der Waals surface area (Å²) in [5.41, 5.74) is 7.48. The Kier molecular flexibility index (Phi) is 7.58. The fraction of sp³-hybridized carbons (Fsp3) is 0.105. The third-order valence-corrected chi connectivity index (χ3v) is 9.14. The summed E-state index contributed by atoms with van der Waals surface area (Å²) < 4.78 is 7.87. The molecule has 0 aliphatic rings. The van der Waals surface area contributed by atoms with Crippen LogP contribution in [-0.4, -0.2) is 39.6 Å². The quantitative estimate of drug-likeness (QED) is 0.178. The minimum absolute atomic E-state index is 0.187. The van der Waals surface area contributed by atoms with Crippen LogP contribution in [0, 0.1) is 0 Å². The van der Waals surface area contributed by atoms with Crippen molar-refractivity contribution in [3.05, 3.63) is 156 Å². The first kappa shape index (κ1) is 29.5. The van der Waals surface area contributed by atoms with Crippen LogP contribution in [0.1, 0.15) is 27.6 Å². The second-order valence-electron chi connectivity index (χ2n) is 11.7. The lowest BCUT2D eigenvalue weighted by molar-refractivity contribution is 0.0942. The van der Waals surface area contributed by atoms with Gasteiger partial charge in [0.1, 0.15) is 22.4 Å². The van der Waals surface area contributed by atoms with E-state index in [2.05, 4.69) is 79.8 Å². The third-order valence-electron chi connectivity index (χ3n) is 8.79. The van der Waals surface area contributed by atoms with Gasteiger partial charge in [0, 0.05) is 41.1 Å². The maximum absolute atomic E-state index is 13.8. The van der Waals surface area contributed by atoms with Gasteiger partial charge in [0.05, 0.1) is 31.2 Å². The molecule has 1 amide bonds. The zero-order chi connectivity index (χ0) is 32.6. The molecule has 48 heavy (non-hydrogen) atoms. The summed E-state index contributed by atoms with van der Waals surface area (Å²) in [4.78, 5) is 18.2. The minimum Gasteiger partial charge on any atom is -0.347 e. The van der Waals surface area contributed by atoms with Crippen LogP contribution >= 0.6 is 11.6 Å². The van der Waals surface area contributed by atoms with E-state index in [0.717, 1.165) is 50.4 Å². The molecule has 0 radical (unpaired) electrons. The van der Waals surface area contributed by atoms with E-state index < -0.39 is 0 Å². The highest BCUT2D eigenvalue weighted by Crippen LogP contribution is 2.29. The lowest BCUT2D eigenvalue weighted by atomic mass is 10.1. The smallest absolute Gasteiger partial charge is 0.268 e. The molecule has 8 rings (SSSR count). The number of amides is 1. The molecule has 0 spiro atoms. The molecule has 0 aliphatic carbocycles. The first-order chi connectivity index (χ1) is 23.5. The van der Waals surface area contributed by atoms with E-state index in [4.69, 9.17) is 11.6 Å². The summed E-state index contributed by atoms with van der Waals surface area (Å²) in [6.45, 7) is 1.27. The molecule has 8 aromatic rings. The van der Waals surface area contributed by atoms with Crippen LogP contribution in [0.3, 0.4) is 0 Å². The monoisotopic (exact) mass is 650 g/mol. The number of nitrogens with zero attached hydrogens (tertiary/aromatic N) is 7. The zero-order valence-electron chi connectivity index (χ0n) is 26.2. The number of nitrogens with one attached hydrogen (secondary N) is 1. The number of fused-ring (bicyclic) bond motifs is 2. The lowest BCUT2D eigenvalue weighted by Crippen LogP contribution is -2.26. The Morgan fingerprint density at radius 2 is 1.48 bits per heavy atom. The van der Waals surface area contributed by atoms with Crippen molar-refractivity contribution in [2.24, 2.45) is 7.05 Å². The SMILES string of the molecule is Cn1c(Cl)cnc1Cn1c(C(=O)NCc2ccccc2-n2cc(Cn3c(-c4ccccc4)cc4ccccc43)nn2)cc2ccccc21. The average molecular weight is 651 g/mol. The fourth-order valence-electron chi connectivity index (χ4n) is 6.31. The molecule has 0 unspecified atom stereocenters. The number of rotatable bonds is 9. The van der Waals surface area contributed by atoms with Crippen molar-refractivity contribution in [1.82, 2.24) is 39.0 Å². The molecule has 0 atom stereocenters. The number of para-hydroxylation sites is 3. The Labute approximate surface area is 281 Å². The van der Waals surface area contributed by atoms with E-state index in [1.54, 1.807) is 10.9 Å². The molecule has 236 valence electrons. The van der Waals surface area contributed by atoms with Gasteiger partial charge in [0.2, 0.25) is 0 Å². The van der Waals surface area contributed by atoms with E-state index in [1.807, 2.05) is 83.0 Å². The van der Waals surface area contributed by atoms with Crippen molar-refractivity contribution in [1.29, 1.82) is 0 Å². The Hall–Kier alpha value is -5.93. The van der Waals surface area contributed by atoms with Gasteiger partial charge in [-0.3, -0.25) is 4.79 Å². The van der Waals surface area contributed by atoms with Crippen LogP contribution < -0.4 is 5.32 Å². The van der Waals surface area contributed by atoms with E-state index in [0.29, 0.717) is 30.5 Å². The molecule has 10 heteroatoms. The van der Waals surface area contributed by atoms with Gasteiger partial charge in [0.15, 0.2) is 0 Å². The molecule has 4 heterocycles. The van der Waals surface area contributed by atoms with Gasteiger partial charge in [-0.15, -0.1) is 5.10 Å². The molecule has 0 aliphatic heterocycles. The van der Waals surface area contributed by atoms with E-state index in [9.17, 15) is 4.79 Å². The summed E-state index contributed by atoms with van der Waals surface area (Å²) in [6, 6.07) is 38.8. The highest BCUT2D eigenvalue weighted by molar-refractivity contribution is 6.29. The standard InChI is InChI=1S/C38H31ClN8O/c1-44-36(39)22-40-37(44)25-46-32-17-9-6-14-28(32)20-35(46)38(48)41-21-29-15-7-10-18-33(29)47-24-30(42-43-47)23-45-31-16-8-5-13-27(31)19-34(45)26-11-3-2-4-12-26/h2-20,22,24H,21,23,25H2,1H3,(H,41,48). The summed E-state index contributed by atoms with van der Waals surface area (Å²) in [5, 5.41) is 14.9. The van der Waals surface area contributed by atoms with Gasteiger partial charge in [-0.25, -0.2) is 9.67 Å². The fourth-order valence-corrected chi connectivity index (χ4v) is 6.46. The zero-order valence-corrected chi connectivity index (χ0v) is 26.9. The Morgan fingerprint density at radius 1 is 0.792 bits per heavy atom. The first-order valence-corrected chi connectivity index (χ1v) is 16.1. The average Bonchev–Trinajstić information content (AvgIpc) is 3.91. The lowest BCUT2D eigenvalue weighted by Gasteiger charge is -2.13. The van der Waals surface area contributed by atoms with Crippen molar-refractivity contribution in [2.45, 2.75) is 19.6 Å². The number of carbonyl (C=O) groups is 1. The van der Waals surface area contributed by atoms with Crippen LogP contribution in [-0.2, 0) is 26.7 Å². The Balaban J connectivity index is 1.05. The van der Waals surface area contributed by atoms with Gasteiger partial charge < -0.3 is 19.0 Å². The molecular formula is C38H31ClN8O. The van der Waals surface area contributed by atoms with Gasteiger partial charge in [-0.2, -0.15) is 0 Å². The third kappa shape index (κ3) is 5.44. The van der Waals surface area contributed by atoms with Crippen LogP contribution in [0.5, 0.6) is 0 Å². The van der Waals surface area contributed by atoms with E-state index in [-0.39, 0.29) is 5.91 Å². The van der Waals surface area contributed by atoms with Crippen LogP contribution in [0.4, 0.5) is 0 Å². The topological polar surface area (TPSA) is 87.5 Å². The number of hydrogen-bond donors (Lipinski definition) is 1. The molecule has 0 saturated heterocycles. The van der Waals surface area contributed by atoms with E-state index in [1.165, 1.54) is 5.39 Å². The summed E-state index contributed by atoms with van der Waals surface area (Å²) in [7, 11) is 1.87. The summed E-state index contributed by atoms with van der Waals surface area (Å²) in [6.07, 6.45) is 3.58. The van der Waals surface area contributed by atoms with Crippen molar-refractivity contribution >= 4 is 39.3 Å². The first-order valence-electron chi connectivity index (χ1n) is 15.7. The molecule has 4 aromatic heterocycles. The van der Waals surface area contributed by atoms with Crippen molar-refractivity contribution in [2.75, 3.05) is 0 Å². The molecule has 1 N–H and O–H groups in total. The number of hydrogen-bond acceptors (Lipinski definition) is 4. The second kappa shape index (κ2) is 12.4. The second-order valence-corrected chi connectivity index (χ2v) is 12.1. The largest absolute Gasteiger partial charge is 0.347 e. The Bertz CT molecular complexity index is 2420. The van der Waals surface area contributed by atoms with Gasteiger partial charge in [-0.05, 0) is 41.5 Å². The predicted molar refractivity (Wildman–Crippen MR) is 188 cm³/mol. The van der Waals surface area contributed by atoms with E-state index >= 15 is 0 Å². The number of imidazole rings is 1. The predicted octanol–water partition coefficient (Wildman–Crippen LogP) is 7.26. The van der Waals surface area contributed by atoms with Gasteiger partial charge in [-0.1, -0.05) is 102 Å².